The van der Waals surface area contributed by atoms with Crippen LogP contribution in [0.5, 0.6) is 0 Å². The SMILES string of the molecule is CC(C)c1ncsc1-c1csc(N)n1. The molecule has 14 heavy (non-hydrogen) atoms. The van der Waals surface area contributed by atoms with Crippen molar-refractivity contribution in [1.29, 1.82) is 0 Å². The second kappa shape index (κ2) is 3.67. The van der Waals surface area contributed by atoms with Gasteiger partial charge in [-0.05, 0) is 5.92 Å². The van der Waals surface area contributed by atoms with Gasteiger partial charge >= 0.3 is 0 Å². The summed E-state index contributed by atoms with van der Waals surface area (Å²) >= 11 is 3.09. The summed E-state index contributed by atoms with van der Waals surface area (Å²) in [6.07, 6.45) is 0. The van der Waals surface area contributed by atoms with Gasteiger partial charge in [0.2, 0.25) is 0 Å². The fraction of sp³-hybridized carbons (Fsp3) is 0.333. The average molecular weight is 225 g/mol. The Morgan fingerprint density at radius 1 is 1.36 bits per heavy atom. The average Bonchev–Trinajstić information content (AvgIpc) is 2.70. The summed E-state index contributed by atoms with van der Waals surface area (Å²) in [4.78, 5) is 9.75. The lowest BCUT2D eigenvalue weighted by atomic mass is 10.1. The Kier molecular flexibility index (Phi) is 2.52. The van der Waals surface area contributed by atoms with E-state index in [0.29, 0.717) is 11.0 Å². The van der Waals surface area contributed by atoms with Crippen LogP contribution in [0, 0.1) is 0 Å². The van der Waals surface area contributed by atoms with Gasteiger partial charge in [0.05, 0.1) is 21.8 Å². The highest BCUT2D eigenvalue weighted by Crippen LogP contribution is 2.33. The molecule has 0 saturated carbocycles. The topological polar surface area (TPSA) is 51.8 Å². The molecular weight excluding hydrogens is 214 g/mol. The molecule has 74 valence electrons. The van der Waals surface area contributed by atoms with Crippen LogP contribution in [0.3, 0.4) is 0 Å². The molecule has 0 radical (unpaired) electrons. The first-order valence-electron chi connectivity index (χ1n) is 4.33. The van der Waals surface area contributed by atoms with Gasteiger partial charge in [-0.25, -0.2) is 9.97 Å². The van der Waals surface area contributed by atoms with Crippen molar-refractivity contribution in [2.45, 2.75) is 19.8 Å². The van der Waals surface area contributed by atoms with Crippen molar-refractivity contribution < 1.29 is 0 Å². The summed E-state index contributed by atoms with van der Waals surface area (Å²) in [6.45, 7) is 4.27. The number of anilines is 1. The van der Waals surface area contributed by atoms with Gasteiger partial charge in [-0.2, -0.15) is 0 Å². The molecule has 0 aromatic carbocycles. The molecule has 0 spiro atoms. The number of rotatable bonds is 2. The van der Waals surface area contributed by atoms with Crippen LogP contribution in [0.4, 0.5) is 5.13 Å². The molecule has 2 aromatic rings. The first kappa shape index (κ1) is 9.61. The molecule has 0 aliphatic carbocycles. The van der Waals surface area contributed by atoms with E-state index in [4.69, 9.17) is 5.73 Å². The van der Waals surface area contributed by atoms with Crippen molar-refractivity contribution in [3.63, 3.8) is 0 Å². The van der Waals surface area contributed by atoms with Crippen LogP contribution < -0.4 is 5.73 Å². The molecule has 0 atom stereocenters. The molecule has 2 rings (SSSR count). The van der Waals surface area contributed by atoms with Crippen molar-refractivity contribution in [2.75, 3.05) is 5.73 Å². The van der Waals surface area contributed by atoms with Gasteiger partial charge in [-0.3, -0.25) is 0 Å². The summed E-state index contributed by atoms with van der Waals surface area (Å²) in [5.74, 6) is 0.430. The third-order valence-electron chi connectivity index (χ3n) is 1.90. The highest BCUT2D eigenvalue weighted by Gasteiger charge is 2.13. The molecule has 0 aliphatic heterocycles. The lowest BCUT2D eigenvalue weighted by Crippen LogP contribution is -1.90. The minimum Gasteiger partial charge on any atom is -0.375 e. The predicted octanol–water partition coefficient (Wildman–Crippen LogP) is 2.97. The Morgan fingerprint density at radius 3 is 2.71 bits per heavy atom. The van der Waals surface area contributed by atoms with Gasteiger partial charge in [-0.1, -0.05) is 13.8 Å². The number of nitrogens with zero attached hydrogens (tertiary/aromatic N) is 2. The Bertz CT molecular complexity index is 431. The zero-order valence-electron chi connectivity index (χ0n) is 8.02. The monoisotopic (exact) mass is 225 g/mol. The molecular formula is C9H11N3S2. The number of nitrogen functional groups attached to an aromatic ring is 1. The fourth-order valence-electron chi connectivity index (χ4n) is 1.25. The standard InChI is InChI=1S/C9H11N3S2/c1-5(2)7-8(14-4-11-7)6-3-13-9(10)12-6/h3-5H,1-2H3,(H2,10,12). The second-order valence-corrected chi connectivity index (χ2v) is 5.04. The molecule has 3 nitrogen and oxygen atoms in total. The van der Waals surface area contributed by atoms with Gasteiger partial charge < -0.3 is 5.73 Å². The van der Waals surface area contributed by atoms with E-state index in [9.17, 15) is 0 Å². The van der Waals surface area contributed by atoms with E-state index in [1.807, 2.05) is 10.9 Å². The molecule has 2 aromatic heterocycles. The lowest BCUT2D eigenvalue weighted by molar-refractivity contribution is 0.834. The predicted molar refractivity (Wildman–Crippen MR) is 61.7 cm³/mol. The Hall–Kier alpha value is -0.940. The molecule has 0 unspecified atom stereocenters. The number of aromatic nitrogens is 2. The van der Waals surface area contributed by atoms with Crippen LogP contribution in [0.15, 0.2) is 10.9 Å². The smallest absolute Gasteiger partial charge is 0.180 e. The van der Waals surface area contributed by atoms with Crippen LogP contribution in [-0.4, -0.2) is 9.97 Å². The first-order chi connectivity index (χ1) is 6.68. The normalized spacial score (nSPS) is 11.1. The minimum absolute atomic E-state index is 0.430. The zero-order chi connectivity index (χ0) is 10.1. The van der Waals surface area contributed by atoms with Crippen LogP contribution in [0.2, 0.25) is 0 Å². The van der Waals surface area contributed by atoms with Crippen LogP contribution in [0.1, 0.15) is 25.5 Å². The quantitative estimate of drug-likeness (QED) is 0.854. The maximum Gasteiger partial charge on any atom is 0.180 e. The third-order valence-corrected chi connectivity index (χ3v) is 3.44. The molecule has 0 amide bonds. The highest BCUT2D eigenvalue weighted by atomic mass is 32.1. The van der Waals surface area contributed by atoms with Gasteiger partial charge in [-0.15, -0.1) is 22.7 Å². The van der Waals surface area contributed by atoms with E-state index in [2.05, 4.69) is 23.8 Å². The van der Waals surface area contributed by atoms with Crippen molar-refractivity contribution in [2.24, 2.45) is 0 Å². The summed E-state index contributed by atoms with van der Waals surface area (Å²) in [5.41, 5.74) is 9.53. The molecule has 0 saturated heterocycles. The maximum absolute atomic E-state index is 5.60. The maximum atomic E-state index is 5.60. The number of hydrogen-bond acceptors (Lipinski definition) is 5. The third kappa shape index (κ3) is 1.65. The number of hydrogen-bond donors (Lipinski definition) is 1. The van der Waals surface area contributed by atoms with E-state index >= 15 is 0 Å². The van der Waals surface area contributed by atoms with Crippen molar-refractivity contribution in [1.82, 2.24) is 9.97 Å². The van der Waals surface area contributed by atoms with Gasteiger partial charge in [0.1, 0.15) is 0 Å². The van der Waals surface area contributed by atoms with E-state index < -0.39 is 0 Å². The van der Waals surface area contributed by atoms with E-state index in [-0.39, 0.29) is 0 Å². The molecule has 0 bridgehead atoms. The van der Waals surface area contributed by atoms with E-state index in [1.54, 1.807) is 11.3 Å². The number of nitrogens with two attached hydrogens (primary N) is 1. The van der Waals surface area contributed by atoms with E-state index in [1.165, 1.54) is 11.3 Å². The van der Waals surface area contributed by atoms with Crippen molar-refractivity contribution >= 4 is 27.8 Å². The summed E-state index contributed by atoms with van der Waals surface area (Å²) in [5, 5.41) is 2.59. The van der Waals surface area contributed by atoms with Crippen molar-refractivity contribution in [3.05, 3.63) is 16.6 Å². The largest absolute Gasteiger partial charge is 0.375 e. The Morgan fingerprint density at radius 2 is 2.14 bits per heavy atom. The fourth-order valence-corrected chi connectivity index (χ4v) is 2.78. The lowest BCUT2D eigenvalue weighted by Gasteiger charge is -2.01. The van der Waals surface area contributed by atoms with Gasteiger partial charge in [0.15, 0.2) is 5.13 Å². The molecule has 5 heteroatoms. The van der Waals surface area contributed by atoms with Crippen LogP contribution in [0.25, 0.3) is 10.6 Å². The first-order valence-corrected chi connectivity index (χ1v) is 6.09. The van der Waals surface area contributed by atoms with E-state index in [0.717, 1.165) is 16.3 Å². The van der Waals surface area contributed by atoms with Gasteiger partial charge in [0.25, 0.3) is 0 Å². The molecule has 2 heterocycles. The summed E-state index contributed by atoms with van der Waals surface area (Å²) < 4.78 is 0. The van der Waals surface area contributed by atoms with Crippen LogP contribution >= 0.6 is 22.7 Å². The van der Waals surface area contributed by atoms with Crippen LogP contribution in [-0.2, 0) is 0 Å². The molecule has 2 N–H and O–H groups in total. The minimum atomic E-state index is 0.430. The second-order valence-electron chi connectivity index (χ2n) is 3.29. The molecule has 0 fully saturated rings. The Labute approximate surface area is 90.6 Å². The van der Waals surface area contributed by atoms with Crippen molar-refractivity contribution in [3.8, 4) is 10.6 Å². The summed E-state index contributed by atoms with van der Waals surface area (Å²) in [6, 6.07) is 0. The number of thiazole rings is 2. The van der Waals surface area contributed by atoms with Gasteiger partial charge in [0, 0.05) is 5.38 Å². The Balaban J connectivity index is 2.46. The zero-order valence-corrected chi connectivity index (χ0v) is 9.65. The highest BCUT2D eigenvalue weighted by molar-refractivity contribution is 7.15. The summed E-state index contributed by atoms with van der Waals surface area (Å²) in [7, 11) is 0. The molecule has 0 aliphatic rings.